The van der Waals surface area contributed by atoms with Gasteiger partial charge in [-0.3, -0.25) is 4.55 Å². The molecule has 20 heavy (non-hydrogen) atoms. The summed E-state index contributed by atoms with van der Waals surface area (Å²) in [6.07, 6.45) is 0. The fraction of sp³-hybridized carbons (Fsp3) is 0.0714. The van der Waals surface area contributed by atoms with E-state index in [1.165, 1.54) is 19.2 Å². The highest BCUT2D eigenvalue weighted by atomic mass is 32.2. The average Bonchev–Trinajstić information content (AvgIpc) is 2.46. The van der Waals surface area contributed by atoms with Crippen LogP contribution in [0.25, 0.3) is 11.1 Å². The van der Waals surface area contributed by atoms with Crippen LogP contribution in [0.1, 0.15) is 5.56 Å². The van der Waals surface area contributed by atoms with Gasteiger partial charge in [-0.25, -0.2) is 0 Å². The molecule has 0 amide bonds. The first kappa shape index (κ1) is 14.1. The highest BCUT2D eigenvalue weighted by molar-refractivity contribution is 7.86. The number of rotatable bonds is 3. The van der Waals surface area contributed by atoms with E-state index < -0.39 is 10.1 Å². The summed E-state index contributed by atoms with van der Waals surface area (Å²) < 4.78 is 36.8. The van der Waals surface area contributed by atoms with Gasteiger partial charge in [0, 0.05) is 0 Å². The van der Waals surface area contributed by atoms with E-state index >= 15 is 0 Å². The second-order valence-electron chi connectivity index (χ2n) is 4.03. The second kappa shape index (κ2) is 5.33. The molecule has 1 N–H and O–H groups in total. The number of nitrogens with zero attached hydrogens (tertiary/aromatic N) is 1. The summed E-state index contributed by atoms with van der Waals surface area (Å²) in [4.78, 5) is -0.290. The number of hydrogen-bond acceptors (Lipinski definition) is 4. The fourth-order valence-corrected chi connectivity index (χ4v) is 2.48. The molecule has 2 rings (SSSR count). The van der Waals surface area contributed by atoms with Crippen LogP contribution in [0.5, 0.6) is 5.75 Å². The first-order valence-electron chi connectivity index (χ1n) is 5.62. The van der Waals surface area contributed by atoms with E-state index in [-0.39, 0.29) is 10.6 Å². The molecule has 0 heterocycles. The van der Waals surface area contributed by atoms with Crippen molar-refractivity contribution in [2.24, 2.45) is 0 Å². The molecule has 2 aromatic carbocycles. The number of methoxy groups -OCH3 is 1. The predicted molar refractivity (Wildman–Crippen MR) is 73.0 cm³/mol. The van der Waals surface area contributed by atoms with Gasteiger partial charge in [-0.05, 0) is 35.4 Å². The standard InChI is InChI=1S/C14H11NO4S/c1-19-13-7-6-12(8-14(13)20(16,17)18)11-4-2-10(9-15)3-5-11/h2-8H,1H3,(H,16,17,18). The molecule has 0 saturated heterocycles. The molecule has 0 radical (unpaired) electrons. The maximum absolute atomic E-state index is 11.3. The smallest absolute Gasteiger partial charge is 0.298 e. The van der Waals surface area contributed by atoms with Gasteiger partial charge in [0.2, 0.25) is 0 Å². The highest BCUT2D eigenvalue weighted by Gasteiger charge is 2.17. The molecule has 0 aliphatic rings. The molecule has 6 heteroatoms. The van der Waals surface area contributed by atoms with Gasteiger partial charge < -0.3 is 4.74 Å². The Morgan fingerprint density at radius 3 is 2.20 bits per heavy atom. The maximum Gasteiger partial charge on any atom is 0.298 e. The summed E-state index contributed by atoms with van der Waals surface area (Å²) in [5.41, 5.74) is 1.84. The Morgan fingerprint density at radius 2 is 1.70 bits per heavy atom. The van der Waals surface area contributed by atoms with Crippen molar-refractivity contribution in [3.63, 3.8) is 0 Å². The van der Waals surface area contributed by atoms with Crippen molar-refractivity contribution in [1.82, 2.24) is 0 Å². The minimum atomic E-state index is -4.37. The van der Waals surface area contributed by atoms with Crippen LogP contribution in [-0.4, -0.2) is 20.1 Å². The number of hydrogen-bond donors (Lipinski definition) is 1. The molecular formula is C14H11NO4S. The maximum atomic E-state index is 11.3. The van der Waals surface area contributed by atoms with E-state index in [0.717, 1.165) is 5.56 Å². The van der Waals surface area contributed by atoms with Gasteiger partial charge in [-0.2, -0.15) is 13.7 Å². The van der Waals surface area contributed by atoms with Crippen molar-refractivity contribution in [3.8, 4) is 22.9 Å². The van der Waals surface area contributed by atoms with Gasteiger partial charge in [0.15, 0.2) is 0 Å². The lowest BCUT2D eigenvalue weighted by Crippen LogP contribution is -2.01. The lowest BCUT2D eigenvalue weighted by molar-refractivity contribution is 0.397. The third-order valence-corrected chi connectivity index (χ3v) is 3.66. The van der Waals surface area contributed by atoms with Gasteiger partial charge >= 0.3 is 0 Å². The van der Waals surface area contributed by atoms with Gasteiger partial charge in [0.25, 0.3) is 10.1 Å². The SMILES string of the molecule is COc1ccc(-c2ccc(C#N)cc2)cc1S(=O)(=O)O. The molecule has 0 atom stereocenters. The molecule has 0 aliphatic carbocycles. The summed E-state index contributed by atoms with van der Waals surface area (Å²) in [6, 6.07) is 13.1. The Hall–Kier alpha value is -2.36. The lowest BCUT2D eigenvalue weighted by Gasteiger charge is -2.08. The van der Waals surface area contributed by atoms with E-state index in [1.807, 2.05) is 6.07 Å². The van der Waals surface area contributed by atoms with Gasteiger partial charge in [0.05, 0.1) is 18.7 Å². The minimum Gasteiger partial charge on any atom is -0.495 e. The molecule has 0 aliphatic heterocycles. The first-order chi connectivity index (χ1) is 9.45. The Morgan fingerprint density at radius 1 is 1.10 bits per heavy atom. The van der Waals surface area contributed by atoms with E-state index in [1.54, 1.807) is 30.3 Å². The summed E-state index contributed by atoms with van der Waals surface area (Å²) in [5.74, 6) is 0.0740. The van der Waals surface area contributed by atoms with Gasteiger partial charge in [0.1, 0.15) is 10.6 Å². The molecule has 5 nitrogen and oxygen atoms in total. The molecule has 0 spiro atoms. The van der Waals surface area contributed by atoms with E-state index in [4.69, 9.17) is 10.00 Å². The third-order valence-electron chi connectivity index (χ3n) is 2.79. The summed E-state index contributed by atoms with van der Waals surface area (Å²) in [7, 11) is -3.04. The van der Waals surface area contributed by atoms with Gasteiger partial charge in [-0.15, -0.1) is 0 Å². The Labute approximate surface area is 116 Å². The van der Waals surface area contributed by atoms with Crippen molar-refractivity contribution < 1.29 is 17.7 Å². The van der Waals surface area contributed by atoms with Crippen LogP contribution in [-0.2, 0) is 10.1 Å². The topological polar surface area (TPSA) is 87.4 Å². The largest absolute Gasteiger partial charge is 0.495 e. The Bertz CT molecular complexity index is 774. The van der Waals surface area contributed by atoms with Crippen molar-refractivity contribution in [1.29, 1.82) is 5.26 Å². The molecule has 0 fully saturated rings. The highest BCUT2D eigenvalue weighted by Crippen LogP contribution is 2.29. The van der Waals surface area contributed by atoms with Crippen LogP contribution < -0.4 is 4.74 Å². The van der Waals surface area contributed by atoms with Crippen LogP contribution in [0, 0.1) is 11.3 Å². The molecule has 0 bridgehead atoms. The Kier molecular flexibility index (Phi) is 3.74. The van der Waals surface area contributed by atoms with Crippen molar-refractivity contribution in [2.45, 2.75) is 4.90 Å². The first-order valence-corrected chi connectivity index (χ1v) is 7.06. The van der Waals surface area contributed by atoms with Crippen LogP contribution in [0.2, 0.25) is 0 Å². The summed E-state index contributed by atoms with van der Waals surface area (Å²) >= 11 is 0. The van der Waals surface area contributed by atoms with E-state index in [2.05, 4.69) is 0 Å². The number of ether oxygens (including phenoxy) is 1. The average molecular weight is 289 g/mol. The zero-order valence-electron chi connectivity index (χ0n) is 10.6. The molecule has 102 valence electrons. The zero-order chi connectivity index (χ0) is 14.8. The van der Waals surface area contributed by atoms with E-state index in [0.29, 0.717) is 11.1 Å². The third kappa shape index (κ3) is 2.79. The fourth-order valence-electron chi connectivity index (χ4n) is 1.80. The predicted octanol–water partition coefficient (Wildman–Crippen LogP) is 2.48. The summed E-state index contributed by atoms with van der Waals surface area (Å²) in [5, 5.41) is 8.74. The minimum absolute atomic E-state index is 0.0740. The molecule has 2 aromatic rings. The molecule has 0 aromatic heterocycles. The van der Waals surface area contributed by atoms with E-state index in [9.17, 15) is 13.0 Å². The molecule has 0 unspecified atom stereocenters. The molecule has 0 saturated carbocycles. The quantitative estimate of drug-likeness (QED) is 0.877. The molecular weight excluding hydrogens is 278 g/mol. The van der Waals surface area contributed by atoms with Crippen molar-refractivity contribution in [3.05, 3.63) is 48.0 Å². The zero-order valence-corrected chi connectivity index (χ0v) is 11.4. The van der Waals surface area contributed by atoms with Crippen LogP contribution >= 0.6 is 0 Å². The van der Waals surface area contributed by atoms with Crippen LogP contribution in [0.15, 0.2) is 47.4 Å². The van der Waals surface area contributed by atoms with Crippen molar-refractivity contribution >= 4 is 10.1 Å². The normalized spacial score (nSPS) is 10.8. The lowest BCUT2D eigenvalue weighted by atomic mass is 10.0. The van der Waals surface area contributed by atoms with Gasteiger partial charge in [-0.1, -0.05) is 18.2 Å². The van der Waals surface area contributed by atoms with Crippen LogP contribution in [0.3, 0.4) is 0 Å². The monoisotopic (exact) mass is 289 g/mol. The van der Waals surface area contributed by atoms with Crippen molar-refractivity contribution in [2.75, 3.05) is 7.11 Å². The van der Waals surface area contributed by atoms with Crippen LogP contribution in [0.4, 0.5) is 0 Å². The Balaban J connectivity index is 2.56. The summed E-state index contributed by atoms with van der Waals surface area (Å²) in [6.45, 7) is 0. The number of nitriles is 1. The number of benzene rings is 2. The second-order valence-corrected chi connectivity index (χ2v) is 5.42.